The van der Waals surface area contributed by atoms with Crippen LogP contribution in [0, 0.1) is 11.8 Å². The molecular weight excluding hydrogens is 238 g/mol. The Morgan fingerprint density at radius 3 is 2.89 bits per heavy atom. The predicted molar refractivity (Wildman–Crippen MR) is 75.2 cm³/mol. The van der Waals surface area contributed by atoms with E-state index in [9.17, 15) is 0 Å². The van der Waals surface area contributed by atoms with Gasteiger partial charge in [0.15, 0.2) is 0 Å². The number of anilines is 1. The Labute approximate surface area is 112 Å². The molecule has 1 heterocycles. The van der Waals surface area contributed by atoms with E-state index in [4.69, 9.17) is 10.5 Å². The summed E-state index contributed by atoms with van der Waals surface area (Å²) in [5.41, 5.74) is 8.20. The van der Waals surface area contributed by atoms with E-state index in [0.717, 1.165) is 28.6 Å². The highest BCUT2D eigenvalue weighted by molar-refractivity contribution is 5.84. The van der Waals surface area contributed by atoms with Crippen molar-refractivity contribution in [2.75, 3.05) is 12.8 Å². The van der Waals surface area contributed by atoms with E-state index in [0.29, 0.717) is 12.0 Å². The fraction of sp³-hybridized carbons (Fsp3) is 0.533. The van der Waals surface area contributed by atoms with Gasteiger partial charge in [0, 0.05) is 6.04 Å². The van der Waals surface area contributed by atoms with Crippen molar-refractivity contribution in [3.63, 3.8) is 0 Å². The van der Waals surface area contributed by atoms with Crippen LogP contribution in [0.25, 0.3) is 11.0 Å². The van der Waals surface area contributed by atoms with Crippen LogP contribution in [0.5, 0.6) is 5.75 Å². The Bertz CT molecular complexity index is 634. The molecule has 0 radical (unpaired) electrons. The number of hydrogen-bond donors (Lipinski definition) is 1. The monoisotopic (exact) mass is 257 g/mol. The summed E-state index contributed by atoms with van der Waals surface area (Å²) in [4.78, 5) is 4.53. The Morgan fingerprint density at radius 1 is 1.32 bits per heavy atom. The number of fused-ring (bicyclic) bond motifs is 3. The van der Waals surface area contributed by atoms with Gasteiger partial charge in [-0.15, -0.1) is 0 Å². The molecule has 0 spiro atoms. The maximum absolute atomic E-state index is 6.18. The second-order valence-electron chi connectivity index (χ2n) is 5.91. The van der Waals surface area contributed by atoms with Gasteiger partial charge in [0.2, 0.25) is 5.95 Å². The molecule has 2 bridgehead atoms. The first-order valence-corrected chi connectivity index (χ1v) is 7.08. The van der Waals surface area contributed by atoms with Crippen molar-refractivity contribution in [3.05, 3.63) is 18.2 Å². The number of rotatable bonds is 2. The van der Waals surface area contributed by atoms with Gasteiger partial charge in [-0.25, -0.2) is 4.98 Å². The molecule has 3 unspecified atom stereocenters. The summed E-state index contributed by atoms with van der Waals surface area (Å²) in [5, 5.41) is 0. The molecule has 1 aromatic carbocycles. The number of nitrogens with two attached hydrogens (primary N) is 1. The number of nitrogen functional groups attached to an aromatic ring is 1. The Morgan fingerprint density at radius 2 is 2.21 bits per heavy atom. The van der Waals surface area contributed by atoms with E-state index in [-0.39, 0.29) is 0 Å². The molecule has 2 fully saturated rings. The lowest BCUT2D eigenvalue weighted by molar-refractivity contribution is 0.339. The molecule has 2 aromatic rings. The fourth-order valence-corrected chi connectivity index (χ4v) is 4.15. The van der Waals surface area contributed by atoms with Crippen LogP contribution in [0.2, 0.25) is 0 Å². The van der Waals surface area contributed by atoms with Crippen molar-refractivity contribution in [1.82, 2.24) is 9.55 Å². The van der Waals surface area contributed by atoms with E-state index in [2.05, 4.69) is 15.6 Å². The lowest BCUT2D eigenvalue weighted by Crippen LogP contribution is -2.17. The zero-order valence-electron chi connectivity index (χ0n) is 11.2. The minimum Gasteiger partial charge on any atom is -0.494 e. The number of imidazole rings is 1. The molecule has 1 aromatic heterocycles. The summed E-state index contributed by atoms with van der Waals surface area (Å²) in [7, 11) is 1.68. The SMILES string of the molecule is COc1cccc2c1nc(N)n2C1CC2CCC1C2. The average Bonchev–Trinajstić information content (AvgIpc) is 3.09. The number of ether oxygens (including phenoxy) is 1. The van der Waals surface area contributed by atoms with Crippen LogP contribution in [0.3, 0.4) is 0 Å². The van der Waals surface area contributed by atoms with Gasteiger partial charge >= 0.3 is 0 Å². The highest BCUT2D eigenvalue weighted by atomic mass is 16.5. The number of benzene rings is 1. The highest BCUT2D eigenvalue weighted by Crippen LogP contribution is 2.52. The largest absolute Gasteiger partial charge is 0.494 e. The number of para-hydroxylation sites is 1. The first-order chi connectivity index (χ1) is 9.28. The van der Waals surface area contributed by atoms with Crippen LogP contribution in [-0.4, -0.2) is 16.7 Å². The number of methoxy groups -OCH3 is 1. The third-order valence-electron chi connectivity index (χ3n) is 4.96. The summed E-state index contributed by atoms with van der Waals surface area (Å²) in [5.74, 6) is 3.14. The van der Waals surface area contributed by atoms with Crippen LogP contribution < -0.4 is 10.5 Å². The molecule has 100 valence electrons. The van der Waals surface area contributed by atoms with Crippen molar-refractivity contribution in [2.45, 2.75) is 31.7 Å². The second-order valence-corrected chi connectivity index (χ2v) is 5.91. The molecule has 4 nitrogen and oxygen atoms in total. The first-order valence-electron chi connectivity index (χ1n) is 7.08. The molecule has 19 heavy (non-hydrogen) atoms. The van der Waals surface area contributed by atoms with E-state index < -0.39 is 0 Å². The van der Waals surface area contributed by atoms with Crippen LogP contribution in [0.15, 0.2) is 18.2 Å². The number of nitrogens with zero attached hydrogens (tertiary/aromatic N) is 2. The van der Waals surface area contributed by atoms with Gasteiger partial charge in [-0.3, -0.25) is 0 Å². The van der Waals surface area contributed by atoms with Crippen LogP contribution in [0.1, 0.15) is 31.7 Å². The van der Waals surface area contributed by atoms with Crippen molar-refractivity contribution in [3.8, 4) is 5.75 Å². The molecule has 0 aliphatic heterocycles. The molecule has 0 amide bonds. The minimum atomic E-state index is 0.538. The normalized spacial score (nSPS) is 29.2. The fourth-order valence-electron chi connectivity index (χ4n) is 4.15. The molecule has 3 atom stereocenters. The molecule has 2 aliphatic carbocycles. The Balaban J connectivity index is 1.88. The van der Waals surface area contributed by atoms with Gasteiger partial charge in [-0.2, -0.15) is 0 Å². The lowest BCUT2D eigenvalue weighted by atomic mass is 9.95. The molecule has 0 saturated heterocycles. The highest BCUT2D eigenvalue weighted by Gasteiger charge is 2.41. The van der Waals surface area contributed by atoms with Crippen molar-refractivity contribution in [2.24, 2.45) is 11.8 Å². The molecule has 4 heteroatoms. The van der Waals surface area contributed by atoms with E-state index in [1.54, 1.807) is 7.11 Å². The summed E-state index contributed by atoms with van der Waals surface area (Å²) >= 11 is 0. The Kier molecular flexibility index (Phi) is 2.28. The summed E-state index contributed by atoms with van der Waals surface area (Å²) in [6, 6.07) is 6.61. The standard InChI is InChI=1S/C15H19N3O/c1-19-13-4-2-3-11-14(13)17-15(16)18(11)12-8-9-5-6-10(12)7-9/h2-4,9-10,12H,5-8H2,1H3,(H2,16,17). The topological polar surface area (TPSA) is 53.1 Å². The van der Waals surface area contributed by atoms with Crippen molar-refractivity contribution >= 4 is 17.0 Å². The van der Waals surface area contributed by atoms with Gasteiger partial charge in [-0.05, 0) is 43.2 Å². The van der Waals surface area contributed by atoms with Crippen molar-refractivity contribution < 1.29 is 4.74 Å². The van der Waals surface area contributed by atoms with Crippen LogP contribution in [0.4, 0.5) is 5.95 Å². The maximum Gasteiger partial charge on any atom is 0.201 e. The third-order valence-corrected chi connectivity index (χ3v) is 4.96. The van der Waals surface area contributed by atoms with Gasteiger partial charge < -0.3 is 15.0 Å². The Hall–Kier alpha value is -1.71. The summed E-state index contributed by atoms with van der Waals surface area (Å²) < 4.78 is 7.64. The summed E-state index contributed by atoms with van der Waals surface area (Å²) in [6.07, 6.45) is 5.38. The quantitative estimate of drug-likeness (QED) is 0.899. The molecule has 2 aliphatic rings. The second kappa shape index (κ2) is 3.89. The van der Waals surface area contributed by atoms with Gasteiger partial charge in [0.25, 0.3) is 0 Å². The van der Waals surface area contributed by atoms with E-state index in [1.165, 1.54) is 25.7 Å². The zero-order chi connectivity index (χ0) is 13.0. The van der Waals surface area contributed by atoms with Gasteiger partial charge in [0.05, 0.1) is 12.6 Å². The molecule has 4 rings (SSSR count). The van der Waals surface area contributed by atoms with E-state index in [1.807, 2.05) is 12.1 Å². The maximum atomic E-state index is 6.18. The number of aromatic nitrogens is 2. The van der Waals surface area contributed by atoms with Crippen LogP contribution in [-0.2, 0) is 0 Å². The third kappa shape index (κ3) is 1.49. The molecular formula is C15H19N3O. The smallest absolute Gasteiger partial charge is 0.201 e. The van der Waals surface area contributed by atoms with E-state index >= 15 is 0 Å². The zero-order valence-corrected chi connectivity index (χ0v) is 11.2. The average molecular weight is 257 g/mol. The van der Waals surface area contributed by atoms with Crippen molar-refractivity contribution in [1.29, 1.82) is 0 Å². The molecule has 2 saturated carbocycles. The minimum absolute atomic E-state index is 0.538. The lowest BCUT2D eigenvalue weighted by Gasteiger charge is -2.24. The first kappa shape index (κ1) is 11.1. The molecule has 2 N–H and O–H groups in total. The van der Waals surface area contributed by atoms with Crippen LogP contribution >= 0.6 is 0 Å². The number of hydrogen-bond acceptors (Lipinski definition) is 3. The predicted octanol–water partition coefficient (Wildman–Crippen LogP) is 2.99. The van der Waals surface area contributed by atoms with Gasteiger partial charge in [-0.1, -0.05) is 12.5 Å². The van der Waals surface area contributed by atoms with Gasteiger partial charge in [0.1, 0.15) is 11.3 Å². The summed E-state index contributed by atoms with van der Waals surface area (Å²) in [6.45, 7) is 0.